The van der Waals surface area contributed by atoms with Gasteiger partial charge in [0, 0.05) is 17.7 Å². The molecular formula is C17H22N2O2. The Bertz CT molecular complexity index is 566. The molecule has 4 nitrogen and oxygen atoms in total. The van der Waals surface area contributed by atoms with E-state index in [1.165, 1.54) is 0 Å². The SMILES string of the molecule is Cc1ccc(C(=O)NC(C)C2CCCO2)cc1C#CCN. The van der Waals surface area contributed by atoms with Gasteiger partial charge in [-0.05, 0) is 44.4 Å². The molecule has 3 N–H and O–H groups in total. The molecule has 2 atom stereocenters. The maximum absolute atomic E-state index is 12.3. The van der Waals surface area contributed by atoms with Crippen LogP contribution in [0, 0.1) is 18.8 Å². The molecule has 2 rings (SSSR count). The largest absolute Gasteiger partial charge is 0.376 e. The Labute approximate surface area is 126 Å². The molecule has 1 fully saturated rings. The molecule has 1 amide bonds. The smallest absolute Gasteiger partial charge is 0.251 e. The minimum atomic E-state index is -0.0891. The molecule has 0 aromatic heterocycles. The molecule has 1 aliphatic heterocycles. The molecule has 0 radical (unpaired) electrons. The van der Waals surface area contributed by atoms with Crippen LogP contribution in [0.3, 0.4) is 0 Å². The van der Waals surface area contributed by atoms with Crippen LogP contribution in [0.1, 0.15) is 41.3 Å². The zero-order valence-corrected chi connectivity index (χ0v) is 12.6. The first-order valence-corrected chi connectivity index (χ1v) is 7.34. The van der Waals surface area contributed by atoms with Crippen molar-refractivity contribution in [1.29, 1.82) is 0 Å². The molecular weight excluding hydrogens is 264 g/mol. The fourth-order valence-electron chi connectivity index (χ4n) is 2.42. The van der Waals surface area contributed by atoms with Gasteiger partial charge in [0.1, 0.15) is 0 Å². The predicted molar refractivity (Wildman–Crippen MR) is 83.0 cm³/mol. The van der Waals surface area contributed by atoms with Crippen molar-refractivity contribution < 1.29 is 9.53 Å². The van der Waals surface area contributed by atoms with Crippen molar-refractivity contribution in [3.05, 3.63) is 34.9 Å². The highest BCUT2D eigenvalue weighted by molar-refractivity contribution is 5.94. The van der Waals surface area contributed by atoms with Crippen LogP contribution in [0.2, 0.25) is 0 Å². The van der Waals surface area contributed by atoms with Crippen molar-refractivity contribution in [2.24, 2.45) is 5.73 Å². The monoisotopic (exact) mass is 286 g/mol. The van der Waals surface area contributed by atoms with Crippen LogP contribution >= 0.6 is 0 Å². The van der Waals surface area contributed by atoms with Crippen LogP contribution in [0.5, 0.6) is 0 Å². The van der Waals surface area contributed by atoms with Crippen LogP contribution in [0.4, 0.5) is 0 Å². The molecule has 1 saturated heterocycles. The lowest BCUT2D eigenvalue weighted by Gasteiger charge is -2.20. The summed E-state index contributed by atoms with van der Waals surface area (Å²) in [4.78, 5) is 12.3. The molecule has 1 aromatic carbocycles. The van der Waals surface area contributed by atoms with Gasteiger partial charge < -0.3 is 15.8 Å². The third kappa shape index (κ3) is 4.07. The second kappa shape index (κ2) is 7.26. The van der Waals surface area contributed by atoms with Gasteiger partial charge in [0.2, 0.25) is 0 Å². The Balaban J connectivity index is 2.08. The van der Waals surface area contributed by atoms with Crippen LogP contribution < -0.4 is 11.1 Å². The van der Waals surface area contributed by atoms with Crippen LogP contribution in [0.25, 0.3) is 0 Å². The molecule has 1 aromatic rings. The van der Waals surface area contributed by atoms with Crippen molar-refractivity contribution in [2.45, 2.75) is 38.8 Å². The normalized spacial score (nSPS) is 18.7. The van der Waals surface area contributed by atoms with Crippen LogP contribution in [-0.4, -0.2) is 31.2 Å². The first-order chi connectivity index (χ1) is 10.1. The quantitative estimate of drug-likeness (QED) is 0.830. The molecule has 2 unspecified atom stereocenters. The van der Waals surface area contributed by atoms with Crippen molar-refractivity contribution in [3.63, 3.8) is 0 Å². The lowest BCUT2D eigenvalue weighted by molar-refractivity contribution is 0.0712. The molecule has 0 saturated carbocycles. The van der Waals surface area contributed by atoms with Gasteiger partial charge in [-0.3, -0.25) is 4.79 Å². The molecule has 112 valence electrons. The van der Waals surface area contributed by atoms with E-state index in [2.05, 4.69) is 17.2 Å². The highest BCUT2D eigenvalue weighted by Gasteiger charge is 2.24. The van der Waals surface area contributed by atoms with Gasteiger partial charge in [0.15, 0.2) is 0 Å². The number of hydrogen-bond donors (Lipinski definition) is 2. The van der Waals surface area contributed by atoms with Gasteiger partial charge in [-0.1, -0.05) is 17.9 Å². The van der Waals surface area contributed by atoms with Crippen molar-refractivity contribution in [1.82, 2.24) is 5.32 Å². The summed E-state index contributed by atoms with van der Waals surface area (Å²) in [6.07, 6.45) is 2.19. The minimum absolute atomic E-state index is 0.0138. The third-order valence-electron chi connectivity index (χ3n) is 3.71. The first kappa shape index (κ1) is 15.6. The second-order valence-corrected chi connectivity index (χ2v) is 5.35. The summed E-state index contributed by atoms with van der Waals surface area (Å²) in [6.45, 7) is 5.05. The number of hydrogen-bond acceptors (Lipinski definition) is 3. The fraction of sp³-hybridized carbons (Fsp3) is 0.471. The zero-order chi connectivity index (χ0) is 15.2. The number of benzene rings is 1. The summed E-state index contributed by atoms with van der Waals surface area (Å²) >= 11 is 0. The number of nitrogens with two attached hydrogens (primary N) is 1. The molecule has 4 heteroatoms. The Morgan fingerprint density at radius 3 is 3.05 bits per heavy atom. The van der Waals surface area contributed by atoms with Crippen LogP contribution in [-0.2, 0) is 4.74 Å². The molecule has 1 aliphatic rings. The third-order valence-corrected chi connectivity index (χ3v) is 3.71. The van der Waals surface area contributed by atoms with E-state index in [1.807, 2.05) is 32.0 Å². The number of nitrogens with one attached hydrogen (secondary N) is 1. The average Bonchev–Trinajstić information content (AvgIpc) is 3.00. The maximum Gasteiger partial charge on any atom is 0.251 e. The highest BCUT2D eigenvalue weighted by atomic mass is 16.5. The lowest BCUT2D eigenvalue weighted by Crippen LogP contribution is -2.40. The lowest BCUT2D eigenvalue weighted by atomic mass is 10.0. The predicted octanol–water partition coefficient (Wildman–Crippen LogP) is 1.60. The molecule has 1 heterocycles. The summed E-state index contributed by atoms with van der Waals surface area (Å²) in [5, 5.41) is 3.00. The van der Waals surface area contributed by atoms with Crippen molar-refractivity contribution in [2.75, 3.05) is 13.2 Å². The molecule has 21 heavy (non-hydrogen) atoms. The Morgan fingerprint density at radius 1 is 1.57 bits per heavy atom. The van der Waals surface area contributed by atoms with E-state index in [9.17, 15) is 4.79 Å². The summed E-state index contributed by atoms with van der Waals surface area (Å²) in [5.41, 5.74) is 7.90. The first-order valence-electron chi connectivity index (χ1n) is 7.34. The fourth-order valence-corrected chi connectivity index (χ4v) is 2.42. The van der Waals surface area contributed by atoms with E-state index >= 15 is 0 Å². The summed E-state index contributed by atoms with van der Waals surface area (Å²) in [6, 6.07) is 5.56. The van der Waals surface area contributed by atoms with Gasteiger partial charge in [0.25, 0.3) is 5.91 Å². The molecule has 0 aliphatic carbocycles. The topological polar surface area (TPSA) is 64.3 Å². The van der Waals surface area contributed by atoms with E-state index in [0.717, 1.165) is 30.6 Å². The maximum atomic E-state index is 12.3. The van der Waals surface area contributed by atoms with Gasteiger partial charge in [-0.25, -0.2) is 0 Å². The van der Waals surface area contributed by atoms with Crippen LogP contribution in [0.15, 0.2) is 18.2 Å². The summed E-state index contributed by atoms with van der Waals surface area (Å²) in [5.74, 6) is 5.73. The van der Waals surface area contributed by atoms with E-state index < -0.39 is 0 Å². The second-order valence-electron chi connectivity index (χ2n) is 5.35. The number of carbonyl (C=O) groups is 1. The zero-order valence-electron chi connectivity index (χ0n) is 12.6. The van der Waals surface area contributed by atoms with Gasteiger partial charge >= 0.3 is 0 Å². The Kier molecular flexibility index (Phi) is 5.38. The summed E-state index contributed by atoms with van der Waals surface area (Å²) < 4.78 is 5.60. The van der Waals surface area contributed by atoms with Crippen molar-refractivity contribution >= 4 is 5.91 Å². The van der Waals surface area contributed by atoms with Gasteiger partial charge in [-0.2, -0.15) is 0 Å². The molecule has 0 bridgehead atoms. The average molecular weight is 286 g/mol. The van der Waals surface area contributed by atoms with E-state index in [-0.39, 0.29) is 18.1 Å². The van der Waals surface area contributed by atoms with E-state index in [0.29, 0.717) is 12.1 Å². The summed E-state index contributed by atoms with van der Waals surface area (Å²) in [7, 11) is 0. The number of ether oxygens (including phenoxy) is 1. The highest BCUT2D eigenvalue weighted by Crippen LogP contribution is 2.16. The van der Waals surface area contributed by atoms with Gasteiger partial charge in [-0.15, -0.1) is 0 Å². The number of rotatable bonds is 3. The standard InChI is InChI=1S/C17H22N2O2/c1-12-7-8-15(11-14(12)5-3-9-18)17(20)19-13(2)16-6-4-10-21-16/h7-8,11,13,16H,4,6,9-10,18H2,1-2H3,(H,19,20). The van der Waals surface area contributed by atoms with Gasteiger partial charge in [0.05, 0.1) is 18.7 Å². The Morgan fingerprint density at radius 2 is 2.38 bits per heavy atom. The number of aryl methyl sites for hydroxylation is 1. The molecule has 0 spiro atoms. The van der Waals surface area contributed by atoms with Crippen molar-refractivity contribution in [3.8, 4) is 11.8 Å². The number of carbonyl (C=O) groups excluding carboxylic acids is 1. The Hall–Kier alpha value is -1.83. The van der Waals surface area contributed by atoms with E-state index in [4.69, 9.17) is 10.5 Å². The number of amides is 1. The minimum Gasteiger partial charge on any atom is -0.376 e. The van der Waals surface area contributed by atoms with E-state index in [1.54, 1.807) is 0 Å².